The van der Waals surface area contributed by atoms with Crippen molar-refractivity contribution in [3.8, 4) is 0 Å². The van der Waals surface area contributed by atoms with Crippen molar-refractivity contribution < 1.29 is 18.0 Å². The quantitative estimate of drug-likeness (QED) is 0.516. The van der Waals surface area contributed by atoms with Crippen LogP contribution in [-0.2, 0) is 4.79 Å². The highest BCUT2D eigenvalue weighted by Gasteiger charge is 2.43. The summed E-state index contributed by atoms with van der Waals surface area (Å²) < 4.78 is 36.7. The molecule has 80 valence electrons. The Morgan fingerprint density at radius 3 is 2.57 bits per heavy atom. The van der Waals surface area contributed by atoms with E-state index in [4.69, 9.17) is 0 Å². The van der Waals surface area contributed by atoms with E-state index in [1.165, 1.54) is 6.08 Å². The lowest BCUT2D eigenvalue weighted by atomic mass is 10.0. The standard InChI is InChI=1S/C9H12F3NO/c10-9(11,12)8-2-1-7(5-8)3-4-13-6-14/h7-8H,1-5H2. The smallest absolute Gasteiger partial charge is 0.211 e. The third-order valence-electron chi connectivity index (χ3n) is 2.72. The Morgan fingerprint density at radius 2 is 2.07 bits per heavy atom. The van der Waals surface area contributed by atoms with E-state index >= 15 is 0 Å². The van der Waals surface area contributed by atoms with Crippen LogP contribution in [0.5, 0.6) is 0 Å². The first-order valence-corrected chi connectivity index (χ1v) is 4.64. The molecule has 0 aromatic rings. The minimum Gasteiger partial charge on any atom is -0.211 e. The van der Waals surface area contributed by atoms with Crippen LogP contribution >= 0.6 is 0 Å². The van der Waals surface area contributed by atoms with Gasteiger partial charge in [0.1, 0.15) is 0 Å². The monoisotopic (exact) mass is 207 g/mol. The number of carbonyl (C=O) groups excluding carboxylic acids is 1. The largest absolute Gasteiger partial charge is 0.391 e. The number of hydrogen-bond acceptors (Lipinski definition) is 2. The van der Waals surface area contributed by atoms with E-state index in [-0.39, 0.29) is 18.8 Å². The van der Waals surface area contributed by atoms with Crippen LogP contribution in [0.4, 0.5) is 13.2 Å². The predicted octanol–water partition coefficient (Wildman–Crippen LogP) is 2.69. The summed E-state index contributed by atoms with van der Waals surface area (Å²) in [7, 11) is 0. The number of nitrogens with zero attached hydrogens (tertiary/aromatic N) is 1. The van der Waals surface area contributed by atoms with Crippen LogP contribution in [0, 0.1) is 11.8 Å². The molecule has 1 saturated carbocycles. The molecule has 2 unspecified atom stereocenters. The van der Waals surface area contributed by atoms with Crippen LogP contribution in [0.15, 0.2) is 4.99 Å². The van der Waals surface area contributed by atoms with Crippen molar-refractivity contribution in [1.29, 1.82) is 0 Å². The summed E-state index contributed by atoms with van der Waals surface area (Å²) in [6.07, 6.45) is -1.09. The molecule has 0 spiro atoms. The van der Waals surface area contributed by atoms with E-state index < -0.39 is 12.1 Å². The molecule has 5 heteroatoms. The lowest BCUT2D eigenvalue weighted by molar-refractivity contribution is -0.173. The van der Waals surface area contributed by atoms with Gasteiger partial charge in [-0.2, -0.15) is 13.2 Å². The van der Waals surface area contributed by atoms with Crippen LogP contribution in [0.3, 0.4) is 0 Å². The van der Waals surface area contributed by atoms with Crippen molar-refractivity contribution in [3.05, 3.63) is 0 Å². The third-order valence-corrected chi connectivity index (χ3v) is 2.72. The molecular formula is C9H12F3NO. The predicted molar refractivity (Wildman–Crippen MR) is 44.5 cm³/mol. The minimum absolute atomic E-state index is 0.0683. The first-order chi connectivity index (χ1) is 6.54. The molecular weight excluding hydrogens is 195 g/mol. The molecule has 1 fully saturated rings. The van der Waals surface area contributed by atoms with Gasteiger partial charge in [0.25, 0.3) is 0 Å². The maximum Gasteiger partial charge on any atom is 0.391 e. The average molecular weight is 207 g/mol. The molecule has 0 radical (unpaired) electrons. The van der Waals surface area contributed by atoms with Gasteiger partial charge in [0.2, 0.25) is 6.08 Å². The van der Waals surface area contributed by atoms with Gasteiger partial charge in [-0.05, 0) is 31.6 Å². The highest BCUT2D eigenvalue weighted by Crippen LogP contribution is 2.42. The topological polar surface area (TPSA) is 29.4 Å². The number of alkyl halides is 3. The molecule has 0 amide bonds. The zero-order valence-electron chi connectivity index (χ0n) is 7.68. The molecule has 0 aromatic heterocycles. The van der Waals surface area contributed by atoms with Gasteiger partial charge >= 0.3 is 6.18 Å². The van der Waals surface area contributed by atoms with Crippen molar-refractivity contribution in [2.24, 2.45) is 16.8 Å². The average Bonchev–Trinajstić information content (AvgIpc) is 2.52. The molecule has 14 heavy (non-hydrogen) atoms. The lowest BCUT2D eigenvalue weighted by Crippen LogP contribution is -2.20. The highest BCUT2D eigenvalue weighted by molar-refractivity contribution is 5.32. The van der Waals surface area contributed by atoms with Gasteiger partial charge < -0.3 is 0 Å². The maximum absolute atomic E-state index is 12.2. The Morgan fingerprint density at radius 1 is 1.36 bits per heavy atom. The summed E-state index contributed by atoms with van der Waals surface area (Å²) in [5.74, 6) is -1.08. The molecule has 0 bridgehead atoms. The number of halogens is 3. The zero-order chi connectivity index (χ0) is 10.6. The van der Waals surface area contributed by atoms with Crippen molar-refractivity contribution in [2.45, 2.75) is 31.9 Å². The first-order valence-electron chi connectivity index (χ1n) is 4.64. The second-order valence-electron chi connectivity index (χ2n) is 3.68. The van der Waals surface area contributed by atoms with Crippen molar-refractivity contribution in [1.82, 2.24) is 0 Å². The Bertz CT molecular complexity index is 233. The van der Waals surface area contributed by atoms with Crippen molar-refractivity contribution in [2.75, 3.05) is 6.54 Å². The zero-order valence-corrected chi connectivity index (χ0v) is 7.68. The second-order valence-corrected chi connectivity index (χ2v) is 3.68. The molecule has 0 aromatic carbocycles. The molecule has 1 rings (SSSR count). The Hall–Kier alpha value is -0.830. The molecule has 1 aliphatic carbocycles. The number of aliphatic imine (C=N–C) groups is 1. The lowest BCUT2D eigenvalue weighted by Gasteiger charge is -2.14. The van der Waals surface area contributed by atoms with E-state index in [9.17, 15) is 18.0 Å². The number of hydrogen-bond donors (Lipinski definition) is 0. The van der Waals surface area contributed by atoms with Crippen LogP contribution < -0.4 is 0 Å². The summed E-state index contributed by atoms with van der Waals surface area (Å²) in [4.78, 5) is 13.1. The van der Waals surface area contributed by atoms with Crippen LogP contribution in [0.1, 0.15) is 25.7 Å². The summed E-state index contributed by atoms with van der Waals surface area (Å²) in [6.45, 7) is 0.304. The molecule has 0 saturated heterocycles. The molecule has 2 nitrogen and oxygen atoms in total. The van der Waals surface area contributed by atoms with E-state index in [1.807, 2.05) is 0 Å². The second kappa shape index (κ2) is 4.60. The summed E-state index contributed by atoms with van der Waals surface area (Å²) in [5, 5.41) is 0. The van der Waals surface area contributed by atoms with Gasteiger partial charge in [0, 0.05) is 0 Å². The number of isocyanates is 1. The fourth-order valence-corrected chi connectivity index (χ4v) is 1.93. The summed E-state index contributed by atoms with van der Waals surface area (Å²) in [5.41, 5.74) is 0. The van der Waals surface area contributed by atoms with Crippen LogP contribution in [0.25, 0.3) is 0 Å². The fourth-order valence-electron chi connectivity index (χ4n) is 1.93. The molecule has 2 atom stereocenters. The van der Waals surface area contributed by atoms with Gasteiger partial charge in [-0.25, -0.2) is 9.79 Å². The van der Waals surface area contributed by atoms with Crippen LogP contribution in [0.2, 0.25) is 0 Å². The molecule has 0 aliphatic heterocycles. The van der Waals surface area contributed by atoms with E-state index in [0.717, 1.165) is 0 Å². The fraction of sp³-hybridized carbons (Fsp3) is 0.889. The van der Waals surface area contributed by atoms with Crippen molar-refractivity contribution >= 4 is 6.08 Å². The summed E-state index contributed by atoms with van der Waals surface area (Å²) in [6, 6.07) is 0. The maximum atomic E-state index is 12.2. The molecule has 0 N–H and O–H groups in total. The van der Waals surface area contributed by atoms with Gasteiger partial charge in [-0.3, -0.25) is 0 Å². The van der Waals surface area contributed by atoms with E-state index in [2.05, 4.69) is 4.99 Å². The van der Waals surface area contributed by atoms with E-state index in [1.54, 1.807) is 0 Å². The highest BCUT2D eigenvalue weighted by atomic mass is 19.4. The Balaban J connectivity index is 2.30. The van der Waals surface area contributed by atoms with Gasteiger partial charge in [-0.15, -0.1) is 0 Å². The number of rotatable bonds is 3. The Labute approximate surface area is 80.2 Å². The Kier molecular flexibility index (Phi) is 3.69. The molecule has 0 heterocycles. The van der Waals surface area contributed by atoms with Gasteiger partial charge in [-0.1, -0.05) is 0 Å². The normalized spacial score (nSPS) is 27.4. The van der Waals surface area contributed by atoms with Gasteiger partial charge in [0.05, 0.1) is 12.5 Å². The third kappa shape index (κ3) is 3.14. The SMILES string of the molecule is O=C=NCCC1CCC(C(F)(F)F)C1. The van der Waals surface area contributed by atoms with Crippen LogP contribution in [-0.4, -0.2) is 18.8 Å². The molecule has 1 aliphatic rings. The van der Waals surface area contributed by atoms with Crippen molar-refractivity contribution in [3.63, 3.8) is 0 Å². The summed E-state index contributed by atoms with van der Waals surface area (Å²) >= 11 is 0. The first kappa shape index (κ1) is 11.2. The van der Waals surface area contributed by atoms with E-state index in [0.29, 0.717) is 19.4 Å². The van der Waals surface area contributed by atoms with Gasteiger partial charge in [0.15, 0.2) is 0 Å². The minimum atomic E-state index is -4.05.